The van der Waals surface area contributed by atoms with Crippen LogP contribution in [0.5, 0.6) is 0 Å². The van der Waals surface area contributed by atoms with Crippen LogP contribution in [0.1, 0.15) is 72.8 Å². The monoisotopic (exact) mass is 420 g/mol. The Balaban J connectivity index is 2.53. The Morgan fingerprint density at radius 2 is 1.14 bits per heavy atom. The number of hydrogen-bond acceptors (Lipinski definition) is 3. The third-order valence-corrected chi connectivity index (χ3v) is 7.47. The molecule has 0 aliphatic rings. The van der Waals surface area contributed by atoms with E-state index < -0.39 is 26.3 Å². The Bertz CT molecular complexity index is 568. The highest BCUT2D eigenvalue weighted by molar-refractivity contribution is 6.60. The second-order valence-electron chi connectivity index (χ2n) is 7.95. The topological polar surface area (TPSA) is 27.7 Å². The predicted octanol–water partition coefficient (Wildman–Crippen LogP) is 6.42. The second kappa shape index (κ2) is 12.0. The van der Waals surface area contributed by atoms with Gasteiger partial charge in [0.15, 0.2) is 11.6 Å². The summed E-state index contributed by atoms with van der Waals surface area (Å²) in [6.07, 6.45) is 3.77. The minimum Gasteiger partial charge on any atom is -0.371 e. The van der Waals surface area contributed by atoms with E-state index in [-0.39, 0.29) is 23.9 Å². The minimum absolute atomic E-state index is 0.0144. The van der Waals surface area contributed by atoms with Crippen molar-refractivity contribution < 1.29 is 26.4 Å². The van der Waals surface area contributed by atoms with Gasteiger partial charge in [0.1, 0.15) is 5.82 Å². The number of benzene rings is 1. The van der Waals surface area contributed by atoms with Crippen LogP contribution in [-0.4, -0.2) is 27.1 Å². The molecule has 1 aromatic rings. The van der Waals surface area contributed by atoms with Gasteiger partial charge in [-0.05, 0) is 72.4 Å². The van der Waals surface area contributed by atoms with Crippen molar-refractivity contribution in [3.05, 3.63) is 35.1 Å². The number of aryl methyl sites for hydroxylation is 1. The van der Waals surface area contributed by atoms with E-state index in [0.717, 1.165) is 31.4 Å². The van der Waals surface area contributed by atoms with Crippen molar-refractivity contribution in [3.63, 3.8) is 0 Å². The quantitative estimate of drug-likeness (QED) is 0.209. The molecule has 0 saturated heterocycles. The molecule has 3 nitrogen and oxygen atoms in total. The second-order valence-corrected chi connectivity index (χ2v) is 10.5. The fourth-order valence-corrected chi connectivity index (χ4v) is 6.46. The predicted molar refractivity (Wildman–Crippen MR) is 108 cm³/mol. The van der Waals surface area contributed by atoms with Gasteiger partial charge in [-0.1, -0.05) is 12.8 Å². The molecule has 0 aromatic heterocycles. The molecule has 162 valence electrons. The molecule has 28 heavy (non-hydrogen) atoms. The lowest BCUT2D eigenvalue weighted by Crippen LogP contribution is -2.50. The Kier molecular flexibility index (Phi) is 10.7. The Labute approximate surface area is 168 Å². The molecule has 0 radical (unpaired) electrons. The molecule has 0 aliphatic carbocycles. The standard InChI is InChI=1S/C21H35F3O3Si/c1-15(2)25-28(26-16(3)4,27-17(5)6)12-10-8-7-9-11-18-13-20(23)21(24)14-19(18)22/h13-17H,7-12H2,1-6H3. The summed E-state index contributed by atoms with van der Waals surface area (Å²) in [6.45, 7) is 11.9. The summed E-state index contributed by atoms with van der Waals surface area (Å²) in [7, 11) is -2.78. The summed E-state index contributed by atoms with van der Waals surface area (Å²) in [5.41, 5.74) is 0.219. The molecule has 0 spiro atoms. The van der Waals surface area contributed by atoms with Crippen molar-refractivity contribution in [1.82, 2.24) is 0 Å². The average molecular weight is 421 g/mol. The molecule has 1 aromatic carbocycles. The highest BCUT2D eigenvalue weighted by Crippen LogP contribution is 2.25. The third kappa shape index (κ3) is 9.07. The molecule has 0 aliphatic heterocycles. The zero-order valence-corrected chi connectivity index (χ0v) is 19.0. The van der Waals surface area contributed by atoms with Crippen LogP contribution in [-0.2, 0) is 19.7 Å². The van der Waals surface area contributed by atoms with E-state index in [2.05, 4.69) is 0 Å². The van der Waals surface area contributed by atoms with E-state index >= 15 is 0 Å². The van der Waals surface area contributed by atoms with Crippen molar-refractivity contribution in [2.75, 3.05) is 0 Å². The van der Waals surface area contributed by atoms with Gasteiger partial charge >= 0.3 is 8.80 Å². The van der Waals surface area contributed by atoms with Gasteiger partial charge in [0.25, 0.3) is 0 Å². The zero-order chi connectivity index (χ0) is 21.3. The molecule has 0 saturated carbocycles. The molecule has 7 heteroatoms. The number of hydrogen-bond donors (Lipinski definition) is 0. The van der Waals surface area contributed by atoms with Gasteiger partial charge in [0, 0.05) is 30.4 Å². The van der Waals surface area contributed by atoms with Crippen LogP contribution in [0.4, 0.5) is 13.2 Å². The normalized spacial score (nSPS) is 12.6. The van der Waals surface area contributed by atoms with Gasteiger partial charge in [0.05, 0.1) is 0 Å². The van der Waals surface area contributed by atoms with Crippen molar-refractivity contribution >= 4 is 8.80 Å². The van der Waals surface area contributed by atoms with Crippen LogP contribution in [0.15, 0.2) is 12.1 Å². The maximum atomic E-state index is 13.7. The van der Waals surface area contributed by atoms with Crippen LogP contribution in [0.25, 0.3) is 0 Å². The SMILES string of the molecule is CC(C)O[Si](CCCCCCc1cc(F)c(F)cc1F)(OC(C)C)OC(C)C. The molecule has 0 fully saturated rings. The van der Waals surface area contributed by atoms with E-state index in [4.69, 9.17) is 13.3 Å². The summed E-state index contributed by atoms with van der Waals surface area (Å²) in [6, 6.07) is 2.29. The van der Waals surface area contributed by atoms with Crippen molar-refractivity contribution in [2.45, 2.75) is 98.0 Å². The Hall–Kier alpha value is -0.893. The van der Waals surface area contributed by atoms with Gasteiger partial charge in [-0.15, -0.1) is 0 Å². The fraction of sp³-hybridized carbons (Fsp3) is 0.714. The molecule has 1 rings (SSSR count). The lowest BCUT2D eigenvalue weighted by Gasteiger charge is -2.34. The maximum Gasteiger partial charge on any atom is 0.501 e. The van der Waals surface area contributed by atoms with E-state index in [1.807, 2.05) is 41.5 Å². The van der Waals surface area contributed by atoms with E-state index in [1.165, 1.54) is 0 Å². The summed E-state index contributed by atoms with van der Waals surface area (Å²) in [5.74, 6) is -2.84. The molecule has 0 amide bonds. The highest BCUT2D eigenvalue weighted by Gasteiger charge is 2.43. The zero-order valence-electron chi connectivity index (χ0n) is 18.0. The Morgan fingerprint density at radius 1 is 0.679 bits per heavy atom. The van der Waals surface area contributed by atoms with Gasteiger partial charge in [0.2, 0.25) is 0 Å². The van der Waals surface area contributed by atoms with Gasteiger partial charge in [-0.2, -0.15) is 0 Å². The van der Waals surface area contributed by atoms with Gasteiger partial charge in [-0.25, -0.2) is 13.2 Å². The smallest absolute Gasteiger partial charge is 0.371 e. The van der Waals surface area contributed by atoms with Gasteiger partial charge in [-0.3, -0.25) is 0 Å². The minimum atomic E-state index is -2.78. The van der Waals surface area contributed by atoms with Gasteiger partial charge < -0.3 is 13.3 Å². The molecule has 0 bridgehead atoms. The third-order valence-electron chi connectivity index (χ3n) is 4.01. The van der Waals surface area contributed by atoms with E-state index in [9.17, 15) is 13.2 Å². The molecular formula is C21H35F3O3Si. The largest absolute Gasteiger partial charge is 0.501 e. The average Bonchev–Trinajstić information content (AvgIpc) is 2.53. The number of unbranched alkanes of at least 4 members (excludes halogenated alkanes) is 3. The van der Waals surface area contributed by atoms with Crippen molar-refractivity contribution in [3.8, 4) is 0 Å². The highest BCUT2D eigenvalue weighted by atomic mass is 28.4. The van der Waals surface area contributed by atoms with Crippen LogP contribution < -0.4 is 0 Å². The first-order valence-electron chi connectivity index (χ1n) is 10.2. The first-order chi connectivity index (χ1) is 13.0. The van der Waals surface area contributed by atoms with Crippen molar-refractivity contribution in [1.29, 1.82) is 0 Å². The van der Waals surface area contributed by atoms with Crippen molar-refractivity contribution in [2.24, 2.45) is 0 Å². The van der Waals surface area contributed by atoms with E-state index in [0.29, 0.717) is 18.9 Å². The maximum absolute atomic E-state index is 13.7. The van der Waals surface area contributed by atoms with E-state index in [1.54, 1.807) is 0 Å². The fourth-order valence-electron chi connectivity index (χ4n) is 3.10. The lowest BCUT2D eigenvalue weighted by atomic mass is 10.1. The number of halogens is 3. The first kappa shape index (κ1) is 25.1. The molecule has 0 heterocycles. The summed E-state index contributed by atoms with van der Waals surface area (Å²) in [4.78, 5) is 0. The molecule has 0 atom stereocenters. The molecule has 0 unspecified atom stereocenters. The summed E-state index contributed by atoms with van der Waals surface area (Å²) >= 11 is 0. The molecular weight excluding hydrogens is 385 g/mol. The lowest BCUT2D eigenvalue weighted by molar-refractivity contribution is 0.00278. The van der Waals surface area contributed by atoms with Crippen LogP contribution in [0, 0.1) is 17.5 Å². The molecule has 0 N–H and O–H groups in total. The summed E-state index contributed by atoms with van der Waals surface area (Å²) < 4.78 is 58.3. The Morgan fingerprint density at radius 3 is 1.64 bits per heavy atom. The van der Waals surface area contributed by atoms with Crippen LogP contribution in [0.2, 0.25) is 6.04 Å². The number of rotatable bonds is 13. The first-order valence-corrected chi connectivity index (χ1v) is 12.1. The van der Waals surface area contributed by atoms with Crippen LogP contribution >= 0.6 is 0 Å². The van der Waals surface area contributed by atoms with Crippen LogP contribution in [0.3, 0.4) is 0 Å². The summed E-state index contributed by atoms with van der Waals surface area (Å²) in [5, 5.41) is 0.